The molecule has 1 aromatic rings. The number of rotatable bonds is 2. The normalized spacial score (nSPS) is 10.4. The van der Waals surface area contributed by atoms with Gasteiger partial charge in [-0.05, 0) is 44.5 Å². The fraction of sp³-hybridized carbons (Fsp3) is 0.400. The predicted molar refractivity (Wildman–Crippen MR) is 78.5 cm³/mol. The number of amides is 1. The lowest BCUT2D eigenvalue weighted by Crippen LogP contribution is -2.32. The fourth-order valence-electron chi connectivity index (χ4n) is 1.35. The van der Waals surface area contributed by atoms with Gasteiger partial charge in [-0.2, -0.15) is 0 Å². The fourth-order valence-corrected chi connectivity index (χ4v) is 1.53. The molecule has 0 atom stereocenters. The van der Waals surface area contributed by atoms with Crippen molar-refractivity contribution < 1.29 is 14.6 Å². The van der Waals surface area contributed by atoms with Gasteiger partial charge in [0.25, 0.3) is 0 Å². The van der Waals surface area contributed by atoms with Gasteiger partial charge in [-0.1, -0.05) is 23.4 Å². The van der Waals surface area contributed by atoms with Gasteiger partial charge in [0.05, 0.1) is 13.2 Å². The van der Waals surface area contributed by atoms with Crippen molar-refractivity contribution in [3.63, 3.8) is 0 Å². The minimum atomic E-state index is -0.524. The maximum Gasteiger partial charge on any atom is 0.408 e. The van der Waals surface area contributed by atoms with E-state index in [1.165, 1.54) is 0 Å². The van der Waals surface area contributed by atoms with Crippen LogP contribution in [0, 0.1) is 11.8 Å². The summed E-state index contributed by atoms with van der Waals surface area (Å²) in [7, 11) is 0. The van der Waals surface area contributed by atoms with Crippen molar-refractivity contribution in [3.05, 3.63) is 34.3 Å². The first kappa shape index (κ1) is 16.4. The van der Waals surface area contributed by atoms with Crippen LogP contribution in [0.4, 0.5) is 4.79 Å². The Labute approximate surface area is 124 Å². The van der Waals surface area contributed by atoms with E-state index in [2.05, 4.69) is 17.2 Å². The van der Waals surface area contributed by atoms with Crippen LogP contribution in [0.5, 0.6) is 0 Å². The van der Waals surface area contributed by atoms with Crippen LogP contribution in [0.3, 0.4) is 0 Å². The molecule has 20 heavy (non-hydrogen) atoms. The van der Waals surface area contributed by atoms with Crippen molar-refractivity contribution in [2.45, 2.75) is 33.0 Å². The summed E-state index contributed by atoms with van der Waals surface area (Å²) in [6, 6.07) is 5.14. The third-order valence-corrected chi connectivity index (χ3v) is 2.54. The van der Waals surface area contributed by atoms with Crippen LogP contribution in [0.2, 0.25) is 5.02 Å². The van der Waals surface area contributed by atoms with Crippen molar-refractivity contribution in [1.29, 1.82) is 0 Å². The Kier molecular flexibility index (Phi) is 5.87. The van der Waals surface area contributed by atoms with E-state index in [1.54, 1.807) is 39.0 Å². The van der Waals surface area contributed by atoms with Crippen molar-refractivity contribution in [2.75, 3.05) is 6.54 Å². The summed E-state index contributed by atoms with van der Waals surface area (Å²) in [5.74, 6) is 5.68. The Bertz CT molecular complexity index is 538. The summed E-state index contributed by atoms with van der Waals surface area (Å²) in [5, 5.41) is 12.1. The molecule has 0 unspecified atom stereocenters. The number of hydrogen-bond donors (Lipinski definition) is 2. The summed E-state index contributed by atoms with van der Waals surface area (Å²) in [4.78, 5) is 11.4. The van der Waals surface area contributed by atoms with Crippen LogP contribution in [0.1, 0.15) is 31.9 Å². The number of halogens is 1. The van der Waals surface area contributed by atoms with E-state index < -0.39 is 11.7 Å². The van der Waals surface area contributed by atoms with E-state index in [4.69, 9.17) is 21.4 Å². The van der Waals surface area contributed by atoms with Gasteiger partial charge in [0.2, 0.25) is 0 Å². The lowest BCUT2D eigenvalue weighted by molar-refractivity contribution is 0.0535. The molecule has 0 fully saturated rings. The number of carbonyl (C=O) groups is 1. The van der Waals surface area contributed by atoms with E-state index in [0.29, 0.717) is 10.6 Å². The van der Waals surface area contributed by atoms with E-state index in [0.717, 1.165) is 5.56 Å². The summed E-state index contributed by atoms with van der Waals surface area (Å²) in [6.07, 6.45) is -0.501. The van der Waals surface area contributed by atoms with Gasteiger partial charge in [-0.3, -0.25) is 0 Å². The number of carbonyl (C=O) groups excluding carboxylic acids is 1. The van der Waals surface area contributed by atoms with Gasteiger partial charge in [-0.15, -0.1) is 0 Å². The predicted octanol–water partition coefficient (Wildman–Crippen LogP) is 2.71. The second-order valence-electron chi connectivity index (χ2n) is 5.12. The Hall–Kier alpha value is -1.70. The lowest BCUT2D eigenvalue weighted by Gasteiger charge is -2.18. The zero-order valence-electron chi connectivity index (χ0n) is 11.8. The highest BCUT2D eigenvalue weighted by atomic mass is 35.5. The number of alkyl carbamates (subject to hydrolysis) is 1. The standard InChI is InChI=1S/C15H18ClNO3/c1-15(2,3)20-14(19)17-8-4-5-11-6-7-13(16)12(9-11)10-18/h6-7,9,18H,8,10H2,1-3H3,(H,17,19). The number of aliphatic hydroxyl groups is 1. The highest BCUT2D eigenvalue weighted by Gasteiger charge is 2.14. The molecule has 5 heteroatoms. The number of ether oxygens (including phenoxy) is 1. The molecule has 0 saturated heterocycles. The third kappa shape index (κ3) is 5.96. The molecule has 4 nitrogen and oxygen atoms in total. The maximum atomic E-state index is 11.4. The van der Waals surface area contributed by atoms with Crippen LogP contribution in [0.15, 0.2) is 18.2 Å². The van der Waals surface area contributed by atoms with Crippen molar-refractivity contribution in [2.24, 2.45) is 0 Å². The first-order chi connectivity index (χ1) is 9.31. The van der Waals surface area contributed by atoms with Crippen LogP contribution in [-0.4, -0.2) is 23.3 Å². The van der Waals surface area contributed by atoms with Crippen LogP contribution in [-0.2, 0) is 11.3 Å². The molecule has 0 aliphatic heterocycles. The van der Waals surface area contributed by atoms with E-state index in [-0.39, 0.29) is 13.2 Å². The Morgan fingerprint density at radius 1 is 1.45 bits per heavy atom. The zero-order chi connectivity index (χ0) is 15.2. The van der Waals surface area contributed by atoms with Crippen LogP contribution >= 0.6 is 11.6 Å². The van der Waals surface area contributed by atoms with Gasteiger partial charge < -0.3 is 15.2 Å². The maximum absolute atomic E-state index is 11.4. The summed E-state index contributed by atoms with van der Waals surface area (Å²) >= 11 is 5.88. The topological polar surface area (TPSA) is 58.6 Å². The average Bonchev–Trinajstić information content (AvgIpc) is 2.34. The van der Waals surface area contributed by atoms with Gasteiger partial charge in [0.1, 0.15) is 5.60 Å². The molecule has 0 bridgehead atoms. The molecule has 0 radical (unpaired) electrons. The van der Waals surface area contributed by atoms with E-state index in [9.17, 15) is 4.79 Å². The highest BCUT2D eigenvalue weighted by molar-refractivity contribution is 6.31. The van der Waals surface area contributed by atoms with Gasteiger partial charge in [0, 0.05) is 10.6 Å². The van der Waals surface area contributed by atoms with Crippen LogP contribution < -0.4 is 5.32 Å². The second-order valence-corrected chi connectivity index (χ2v) is 5.53. The molecule has 0 heterocycles. The smallest absolute Gasteiger partial charge is 0.408 e. The molecular formula is C15H18ClNO3. The molecule has 1 amide bonds. The summed E-state index contributed by atoms with van der Waals surface area (Å²) in [5.41, 5.74) is 0.826. The Morgan fingerprint density at radius 2 is 2.15 bits per heavy atom. The molecule has 0 aromatic heterocycles. The third-order valence-electron chi connectivity index (χ3n) is 2.17. The molecule has 108 valence electrons. The van der Waals surface area contributed by atoms with Crippen LogP contribution in [0.25, 0.3) is 0 Å². The minimum Gasteiger partial charge on any atom is -0.444 e. The van der Waals surface area contributed by atoms with Crippen molar-refractivity contribution in [1.82, 2.24) is 5.32 Å². The number of hydrogen-bond acceptors (Lipinski definition) is 3. The monoisotopic (exact) mass is 295 g/mol. The molecule has 1 aromatic carbocycles. The Balaban J connectivity index is 2.53. The second kappa shape index (κ2) is 7.18. The van der Waals surface area contributed by atoms with E-state index >= 15 is 0 Å². The van der Waals surface area contributed by atoms with E-state index in [1.807, 2.05) is 0 Å². The summed E-state index contributed by atoms with van der Waals surface area (Å²) in [6.45, 7) is 5.43. The van der Waals surface area contributed by atoms with Gasteiger partial charge in [-0.25, -0.2) is 4.79 Å². The first-order valence-electron chi connectivity index (χ1n) is 6.17. The molecule has 0 spiro atoms. The molecule has 2 N–H and O–H groups in total. The zero-order valence-corrected chi connectivity index (χ0v) is 12.5. The number of benzene rings is 1. The van der Waals surface area contributed by atoms with Gasteiger partial charge in [0.15, 0.2) is 0 Å². The molecule has 0 saturated carbocycles. The average molecular weight is 296 g/mol. The summed E-state index contributed by atoms with van der Waals surface area (Å²) < 4.78 is 5.07. The van der Waals surface area contributed by atoms with Crippen molar-refractivity contribution >= 4 is 17.7 Å². The largest absolute Gasteiger partial charge is 0.444 e. The minimum absolute atomic E-state index is 0.134. The first-order valence-corrected chi connectivity index (χ1v) is 6.54. The van der Waals surface area contributed by atoms with Gasteiger partial charge >= 0.3 is 6.09 Å². The van der Waals surface area contributed by atoms with Crippen molar-refractivity contribution in [3.8, 4) is 11.8 Å². The molecule has 0 aliphatic rings. The molecular weight excluding hydrogens is 278 g/mol. The molecule has 1 rings (SSSR count). The SMILES string of the molecule is CC(C)(C)OC(=O)NCC#Cc1ccc(Cl)c(CO)c1. The number of nitrogens with one attached hydrogen (secondary N) is 1. The molecule has 0 aliphatic carbocycles. The quantitative estimate of drug-likeness (QED) is 0.825. The lowest BCUT2D eigenvalue weighted by atomic mass is 10.1. The highest BCUT2D eigenvalue weighted by Crippen LogP contribution is 2.16. The Morgan fingerprint density at radius 3 is 2.75 bits per heavy atom. The number of aliphatic hydroxyl groups excluding tert-OH is 1.